The Hall–Kier alpha value is -5.26. The quantitative estimate of drug-likeness (QED) is 0.278. The zero-order valence-corrected chi connectivity index (χ0v) is 20.7. The maximum atomic E-state index is 13.7. The van der Waals surface area contributed by atoms with Gasteiger partial charge in [-0.25, -0.2) is 4.90 Å². The van der Waals surface area contributed by atoms with Crippen LogP contribution in [-0.2, 0) is 20.9 Å². The van der Waals surface area contributed by atoms with Crippen molar-refractivity contribution in [3.63, 3.8) is 0 Å². The number of amides is 4. The predicted octanol–water partition coefficient (Wildman–Crippen LogP) is 3.26. The van der Waals surface area contributed by atoms with Crippen molar-refractivity contribution in [1.82, 2.24) is 4.90 Å². The maximum Gasteiger partial charge on any atom is 0.269 e. The van der Waals surface area contributed by atoms with Gasteiger partial charge in [0.25, 0.3) is 17.5 Å². The molecular weight excluding hydrogens is 508 g/mol. The molecule has 1 saturated heterocycles. The van der Waals surface area contributed by atoms with Crippen LogP contribution >= 0.6 is 0 Å². The van der Waals surface area contributed by atoms with Crippen molar-refractivity contribution < 1.29 is 33.6 Å². The van der Waals surface area contributed by atoms with Gasteiger partial charge in [0.2, 0.25) is 18.6 Å². The van der Waals surface area contributed by atoms with Crippen LogP contribution in [0.1, 0.15) is 29.3 Å². The number of carbonyl (C=O) groups excluding carboxylic acids is 4. The Morgan fingerprint density at radius 1 is 1.03 bits per heavy atom. The van der Waals surface area contributed by atoms with E-state index in [4.69, 9.17) is 9.47 Å². The second-order valence-electron chi connectivity index (χ2n) is 8.94. The van der Waals surface area contributed by atoms with Crippen molar-refractivity contribution in [1.29, 1.82) is 0 Å². The van der Waals surface area contributed by atoms with Gasteiger partial charge in [-0.3, -0.25) is 29.3 Å². The second kappa shape index (κ2) is 10.2. The van der Waals surface area contributed by atoms with Gasteiger partial charge in [0, 0.05) is 36.9 Å². The smallest absolute Gasteiger partial charge is 0.269 e. The van der Waals surface area contributed by atoms with Crippen molar-refractivity contribution in [2.75, 3.05) is 17.0 Å². The maximum absolute atomic E-state index is 13.7. The molecule has 2 aliphatic heterocycles. The van der Waals surface area contributed by atoms with Crippen LogP contribution in [0.4, 0.5) is 17.1 Å². The Kier molecular flexibility index (Phi) is 6.67. The number of nitro groups is 1. The number of hydrogen-bond acceptors (Lipinski definition) is 8. The minimum Gasteiger partial charge on any atom is -0.454 e. The van der Waals surface area contributed by atoms with Gasteiger partial charge < -0.3 is 19.7 Å². The lowest BCUT2D eigenvalue weighted by Gasteiger charge is -2.28. The van der Waals surface area contributed by atoms with Crippen molar-refractivity contribution in [3.05, 3.63) is 88.0 Å². The topological polar surface area (TPSA) is 148 Å². The van der Waals surface area contributed by atoms with Crippen LogP contribution in [0.15, 0.2) is 66.7 Å². The van der Waals surface area contributed by atoms with Crippen LogP contribution in [0.5, 0.6) is 11.5 Å². The Morgan fingerprint density at radius 2 is 1.72 bits per heavy atom. The van der Waals surface area contributed by atoms with Crippen molar-refractivity contribution in [3.8, 4) is 11.5 Å². The molecule has 3 aromatic carbocycles. The Morgan fingerprint density at radius 3 is 2.38 bits per heavy atom. The summed E-state index contributed by atoms with van der Waals surface area (Å²) in [6, 6.07) is 15.2. The Labute approximate surface area is 221 Å². The molecule has 3 aromatic rings. The standard InChI is InChI=1S/C27H22N4O8/c1-16(32)28-19-5-9-20(10-6-19)30-25(33)13-22(27(30)35)29(14-17-2-11-23-24(12-17)39-15-38-23)26(34)18-3-7-21(8-4-18)31(36)37/h2-12,22H,13-15H2,1H3,(H,28,32). The minimum absolute atomic E-state index is 0.0363. The van der Waals surface area contributed by atoms with Gasteiger partial charge in [-0.05, 0) is 54.1 Å². The first-order valence-electron chi connectivity index (χ1n) is 11.9. The molecule has 39 heavy (non-hydrogen) atoms. The Balaban J connectivity index is 1.46. The van der Waals surface area contributed by atoms with E-state index in [0.29, 0.717) is 28.4 Å². The molecule has 0 aliphatic carbocycles. The van der Waals surface area contributed by atoms with Crippen molar-refractivity contribution in [2.24, 2.45) is 0 Å². The van der Waals surface area contributed by atoms with Crippen LogP contribution < -0.4 is 19.7 Å². The summed E-state index contributed by atoms with van der Waals surface area (Å²) in [6.45, 7) is 1.39. The lowest BCUT2D eigenvalue weighted by atomic mass is 10.1. The molecule has 12 heteroatoms. The third-order valence-electron chi connectivity index (χ3n) is 6.32. The number of rotatable bonds is 7. The van der Waals surface area contributed by atoms with Gasteiger partial charge in [0.1, 0.15) is 6.04 Å². The molecule has 4 amide bonds. The molecule has 1 N–H and O–H groups in total. The fourth-order valence-electron chi connectivity index (χ4n) is 4.48. The summed E-state index contributed by atoms with van der Waals surface area (Å²) in [5.41, 5.74) is 1.37. The molecule has 0 radical (unpaired) electrons. The number of hydrogen-bond donors (Lipinski definition) is 1. The zero-order chi connectivity index (χ0) is 27.7. The summed E-state index contributed by atoms with van der Waals surface area (Å²) < 4.78 is 10.8. The number of nitro benzene ring substituents is 1. The first kappa shape index (κ1) is 25.4. The highest BCUT2D eigenvalue weighted by Crippen LogP contribution is 2.34. The first-order valence-corrected chi connectivity index (χ1v) is 11.9. The van der Waals surface area contributed by atoms with E-state index in [1.54, 1.807) is 30.3 Å². The lowest BCUT2D eigenvalue weighted by molar-refractivity contribution is -0.384. The van der Waals surface area contributed by atoms with E-state index in [1.165, 1.54) is 48.2 Å². The number of carbonyl (C=O) groups is 4. The summed E-state index contributed by atoms with van der Waals surface area (Å²) in [5.74, 6) is -0.887. The van der Waals surface area contributed by atoms with Gasteiger partial charge in [-0.15, -0.1) is 0 Å². The summed E-state index contributed by atoms with van der Waals surface area (Å²) in [4.78, 5) is 64.4. The molecule has 0 saturated carbocycles. The SMILES string of the molecule is CC(=O)Nc1ccc(N2C(=O)CC(N(Cc3ccc4c(c3)OCO4)C(=O)c3ccc([N+](=O)[O-])cc3)C2=O)cc1. The van der Waals surface area contributed by atoms with Gasteiger partial charge in [0.05, 0.1) is 17.0 Å². The number of non-ortho nitro benzene ring substituents is 1. The molecule has 1 fully saturated rings. The number of nitrogens with one attached hydrogen (secondary N) is 1. The van der Waals surface area contributed by atoms with E-state index in [9.17, 15) is 29.3 Å². The first-order chi connectivity index (χ1) is 18.7. The molecule has 5 rings (SSSR count). The van der Waals surface area contributed by atoms with Gasteiger partial charge >= 0.3 is 0 Å². The molecule has 198 valence electrons. The predicted molar refractivity (Wildman–Crippen MR) is 137 cm³/mol. The van der Waals surface area contributed by atoms with Crippen LogP contribution in [0.3, 0.4) is 0 Å². The van der Waals surface area contributed by atoms with Crippen LogP contribution in [0.25, 0.3) is 0 Å². The fourth-order valence-corrected chi connectivity index (χ4v) is 4.48. The van der Waals surface area contributed by atoms with Gasteiger partial charge in [-0.2, -0.15) is 0 Å². The lowest BCUT2D eigenvalue weighted by Crippen LogP contribution is -2.45. The molecule has 0 aromatic heterocycles. The summed E-state index contributed by atoms with van der Waals surface area (Å²) in [6.07, 6.45) is -0.254. The van der Waals surface area contributed by atoms with E-state index < -0.39 is 28.7 Å². The largest absolute Gasteiger partial charge is 0.454 e. The van der Waals surface area contributed by atoms with E-state index >= 15 is 0 Å². The summed E-state index contributed by atoms with van der Waals surface area (Å²) in [5, 5.41) is 13.7. The third kappa shape index (κ3) is 5.12. The molecule has 12 nitrogen and oxygen atoms in total. The highest BCUT2D eigenvalue weighted by atomic mass is 16.7. The zero-order valence-electron chi connectivity index (χ0n) is 20.7. The summed E-state index contributed by atoms with van der Waals surface area (Å²) >= 11 is 0. The Bertz CT molecular complexity index is 1490. The molecule has 2 aliphatic rings. The van der Waals surface area contributed by atoms with E-state index in [0.717, 1.165) is 4.90 Å². The average molecular weight is 530 g/mol. The second-order valence-corrected chi connectivity index (χ2v) is 8.94. The fraction of sp³-hybridized carbons (Fsp3) is 0.185. The number of nitrogens with zero attached hydrogens (tertiary/aromatic N) is 3. The molecule has 2 heterocycles. The number of fused-ring (bicyclic) bond motifs is 1. The molecule has 0 bridgehead atoms. The molecule has 0 spiro atoms. The van der Waals surface area contributed by atoms with E-state index in [2.05, 4.69) is 5.32 Å². The number of benzene rings is 3. The number of ether oxygens (including phenoxy) is 2. The normalized spacial score (nSPS) is 15.8. The van der Waals surface area contributed by atoms with Crippen LogP contribution in [-0.4, -0.2) is 46.3 Å². The number of imide groups is 1. The monoisotopic (exact) mass is 530 g/mol. The summed E-state index contributed by atoms with van der Waals surface area (Å²) in [7, 11) is 0. The van der Waals surface area contributed by atoms with E-state index in [1.807, 2.05) is 0 Å². The van der Waals surface area contributed by atoms with Gasteiger partial charge in [-0.1, -0.05) is 6.07 Å². The molecule has 1 atom stereocenters. The highest BCUT2D eigenvalue weighted by Gasteiger charge is 2.44. The third-order valence-corrected chi connectivity index (χ3v) is 6.32. The van der Waals surface area contributed by atoms with Crippen molar-refractivity contribution >= 4 is 40.7 Å². The molecule has 1 unspecified atom stereocenters. The number of anilines is 2. The average Bonchev–Trinajstić information content (AvgIpc) is 3.50. The van der Waals surface area contributed by atoms with Gasteiger partial charge in [0.15, 0.2) is 11.5 Å². The van der Waals surface area contributed by atoms with E-state index in [-0.39, 0.29) is 36.9 Å². The molecular formula is C27H22N4O8. The highest BCUT2D eigenvalue weighted by molar-refractivity contribution is 6.23. The van der Waals surface area contributed by atoms with Crippen LogP contribution in [0, 0.1) is 10.1 Å². The van der Waals surface area contributed by atoms with Crippen molar-refractivity contribution in [2.45, 2.75) is 25.9 Å². The minimum atomic E-state index is -1.12. The van der Waals surface area contributed by atoms with Crippen LogP contribution in [0.2, 0.25) is 0 Å².